The van der Waals surface area contributed by atoms with Gasteiger partial charge in [0, 0.05) is 24.7 Å². The van der Waals surface area contributed by atoms with Crippen LogP contribution in [0.2, 0.25) is 0 Å². The van der Waals surface area contributed by atoms with Crippen molar-refractivity contribution in [3.8, 4) is 0 Å². The molecule has 4 rings (SSSR count). The number of carbonyl (C=O) groups excluding carboxylic acids is 1. The van der Waals surface area contributed by atoms with Crippen LogP contribution in [0.25, 0.3) is 0 Å². The Hall–Kier alpha value is -0.670. The topological polar surface area (TPSA) is 23.6 Å². The summed E-state index contributed by atoms with van der Waals surface area (Å²) >= 11 is 0. The second kappa shape index (κ2) is 4.71. The average molecular weight is 260 g/mol. The maximum absolute atomic E-state index is 11.2. The predicted molar refractivity (Wildman–Crippen MR) is 74.7 cm³/mol. The molecule has 3 heterocycles. The van der Waals surface area contributed by atoms with Crippen LogP contribution in [-0.2, 0) is 4.79 Å². The molecule has 1 saturated carbocycles. The van der Waals surface area contributed by atoms with E-state index in [0.29, 0.717) is 12.1 Å². The highest BCUT2D eigenvalue weighted by Crippen LogP contribution is 2.43. The SMILES string of the molecule is O=CC1=C[C@@H]2CCC[C@H]3CN4CCCC[C@@H]4N(C1)[C@@H]32. The third-order valence-corrected chi connectivity index (χ3v) is 5.79. The molecule has 0 aromatic rings. The molecule has 4 aliphatic rings. The lowest BCUT2D eigenvalue weighted by Crippen LogP contribution is -2.67. The summed E-state index contributed by atoms with van der Waals surface area (Å²) in [5, 5.41) is 0. The van der Waals surface area contributed by atoms with Crippen molar-refractivity contribution >= 4 is 6.29 Å². The molecule has 0 radical (unpaired) electrons. The molecule has 3 nitrogen and oxygen atoms in total. The molecule has 0 aromatic carbocycles. The Morgan fingerprint density at radius 3 is 3.00 bits per heavy atom. The van der Waals surface area contributed by atoms with Crippen LogP contribution in [0.5, 0.6) is 0 Å². The van der Waals surface area contributed by atoms with E-state index >= 15 is 0 Å². The highest BCUT2D eigenvalue weighted by molar-refractivity contribution is 5.74. The van der Waals surface area contributed by atoms with E-state index in [1.165, 1.54) is 51.6 Å². The summed E-state index contributed by atoms with van der Waals surface area (Å²) in [5.41, 5.74) is 1.04. The minimum atomic E-state index is 0.624. The Labute approximate surface area is 115 Å². The van der Waals surface area contributed by atoms with Crippen LogP contribution in [-0.4, -0.2) is 47.9 Å². The predicted octanol–water partition coefficient (Wildman–Crippen LogP) is 2.04. The maximum Gasteiger partial charge on any atom is 0.147 e. The smallest absolute Gasteiger partial charge is 0.147 e. The highest BCUT2D eigenvalue weighted by atomic mass is 16.1. The summed E-state index contributed by atoms with van der Waals surface area (Å²) < 4.78 is 0. The molecular formula is C16H24N2O. The van der Waals surface area contributed by atoms with Gasteiger partial charge in [0.05, 0.1) is 6.17 Å². The zero-order valence-corrected chi connectivity index (χ0v) is 11.6. The van der Waals surface area contributed by atoms with Crippen molar-refractivity contribution < 1.29 is 4.79 Å². The van der Waals surface area contributed by atoms with Gasteiger partial charge in [0.25, 0.3) is 0 Å². The number of carbonyl (C=O) groups is 1. The third-order valence-electron chi connectivity index (χ3n) is 5.79. The van der Waals surface area contributed by atoms with Gasteiger partial charge in [-0.15, -0.1) is 0 Å². The maximum atomic E-state index is 11.2. The number of rotatable bonds is 1. The van der Waals surface area contributed by atoms with E-state index in [-0.39, 0.29) is 0 Å². The summed E-state index contributed by atoms with van der Waals surface area (Å²) in [4.78, 5) is 16.7. The Kier molecular flexibility index (Phi) is 3.00. The van der Waals surface area contributed by atoms with E-state index < -0.39 is 0 Å². The van der Waals surface area contributed by atoms with E-state index in [1.54, 1.807) is 0 Å². The zero-order valence-electron chi connectivity index (χ0n) is 11.6. The molecule has 0 aromatic heterocycles. The molecule has 3 aliphatic heterocycles. The molecule has 3 heteroatoms. The Bertz CT molecular complexity index is 406. The molecule has 0 amide bonds. The molecule has 0 spiro atoms. The van der Waals surface area contributed by atoms with Gasteiger partial charge in [0.15, 0.2) is 0 Å². The molecule has 1 aliphatic carbocycles. The van der Waals surface area contributed by atoms with E-state index in [4.69, 9.17) is 0 Å². The van der Waals surface area contributed by atoms with E-state index in [9.17, 15) is 4.79 Å². The minimum Gasteiger partial charge on any atom is -0.298 e. The minimum absolute atomic E-state index is 0.624. The number of aldehydes is 1. The normalized spacial score (nSPS) is 43.1. The first-order chi connectivity index (χ1) is 9.36. The fraction of sp³-hybridized carbons (Fsp3) is 0.812. The van der Waals surface area contributed by atoms with Crippen LogP contribution >= 0.6 is 0 Å². The Balaban J connectivity index is 1.68. The summed E-state index contributed by atoms with van der Waals surface area (Å²) in [6, 6.07) is 0.733. The second-order valence-corrected chi connectivity index (χ2v) is 6.85. The third kappa shape index (κ3) is 1.90. The van der Waals surface area contributed by atoms with E-state index in [1.807, 2.05) is 0 Å². The van der Waals surface area contributed by atoms with Crippen molar-refractivity contribution in [2.75, 3.05) is 19.6 Å². The fourth-order valence-electron chi connectivity index (χ4n) is 5.09. The lowest BCUT2D eigenvalue weighted by Gasteiger charge is -2.58. The van der Waals surface area contributed by atoms with Crippen molar-refractivity contribution in [2.45, 2.75) is 50.7 Å². The highest BCUT2D eigenvalue weighted by Gasteiger charge is 2.47. The molecule has 0 unspecified atom stereocenters. The van der Waals surface area contributed by atoms with Gasteiger partial charge >= 0.3 is 0 Å². The lowest BCUT2D eigenvalue weighted by molar-refractivity contribution is -0.114. The quantitative estimate of drug-likeness (QED) is 0.674. The second-order valence-electron chi connectivity index (χ2n) is 6.85. The van der Waals surface area contributed by atoms with Gasteiger partial charge in [-0.1, -0.05) is 12.5 Å². The number of hydrogen-bond acceptors (Lipinski definition) is 3. The molecule has 104 valence electrons. The molecule has 4 atom stereocenters. The molecule has 19 heavy (non-hydrogen) atoms. The lowest BCUT2D eigenvalue weighted by atomic mass is 9.71. The van der Waals surface area contributed by atoms with Crippen LogP contribution in [0.15, 0.2) is 11.6 Å². The van der Waals surface area contributed by atoms with Crippen molar-refractivity contribution in [2.24, 2.45) is 11.8 Å². The van der Waals surface area contributed by atoms with Gasteiger partial charge in [0.2, 0.25) is 0 Å². The zero-order chi connectivity index (χ0) is 12.8. The monoisotopic (exact) mass is 260 g/mol. The van der Waals surface area contributed by atoms with Gasteiger partial charge in [-0.25, -0.2) is 0 Å². The average Bonchev–Trinajstić information content (AvgIpc) is 2.47. The van der Waals surface area contributed by atoms with Crippen molar-refractivity contribution in [1.29, 1.82) is 0 Å². The van der Waals surface area contributed by atoms with Crippen molar-refractivity contribution in [1.82, 2.24) is 9.80 Å². The van der Waals surface area contributed by atoms with Crippen LogP contribution in [0.4, 0.5) is 0 Å². The molecule has 0 bridgehead atoms. The molecular weight excluding hydrogens is 236 g/mol. The van der Waals surface area contributed by atoms with Crippen LogP contribution < -0.4 is 0 Å². The van der Waals surface area contributed by atoms with Gasteiger partial charge in [-0.2, -0.15) is 0 Å². The van der Waals surface area contributed by atoms with Gasteiger partial charge < -0.3 is 0 Å². The molecule has 0 N–H and O–H groups in total. The van der Waals surface area contributed by atoms with Crippen LogP contribution in [0.1, 0.15) is 38.5 Å². The van der Waals surface area contributed by atoms with E-state index in [2.05, 4.69) is 15.9 Å². The number of nitrogens with zero attached hydrogens (tertiary/aromatic N) is 2. The first-order valence-corrected chi connectivity index (χ1v) is 8.02. The fourth-order valence-corrected chi connectivity index (χ4v) is 5.09. The Morgan fingerprint density at radius 1 is 1.16 bits per heavy atom. The standard InChI is InChI=1S/C16H24N2O/c19-11-12-8-13-4-3-5-14-10-17-7-2-1-6-15(17)18(9-12)16(13)14/h8,11,13-16H,1-7,9-10H2/t13-,14-,15-,16+/m0/s1. The van der Waals surface area contributed by atoms with Crippen LogP contribution in [0.3, 0.4) is 0 Å². The summed E-state index contributed by atoms with van der Waals surface area (Å²) in [7, 11) is 0. The van der Waals surface area contributed by atoms with Gasteiger partial charge in [-0.3, -0.25) is 14.6 Å². The summed E-state index contributed by atoms with van der Waals surface area (Å²) in [6.45, 7) is 3.49. The number of fused-ring (bicyclic) bond motifs is 2. The first kappa shape index (κ1) is 12.1. The van der Waals surface area contributed by atoms with Crippen molar-refractivity contribution in [3.05, 3.63) is 11.6 Å². The van der Waals surface area contributed by atoms with Crippen molar-refractivity contribution in [3.63, 3.8) is 0 Å². The van der Waals surface area contributed by atoms with Crippen LogP contribution in [0, 0.1) is 11.8 Å². The first-order valence-electron chi connectivity index (χ1n) is 8.02. The molecule has 2 saturated heterocycles. The van der Waals surface area contributed by atoms with Gasteiger partial charge in [-0.05, 0) is 50.5 Å². The number of hydrogen-bond donors (Lipinski definition) is 0. The number of piperidine rings is 1. The molecule has 3 fully saturated rings. The summed E-state index contributed by atoms with van der Waals surface area (Å²) in [5.74, 6) is 1.49. The van der Waals surface area contributed by atoms with E-state index in [0.717, 1.165) is 30.4 Å². The van der Waals surface area contributed by atoms with Gasteiger partial charge in [0.1, 0.15) is 6.29 Å². The summed E-state index contributed by atoms with van der Waals surface area (Å²) in [6.07, 6.45) is 12.1. The Morgan fingerprint density at radius 2 is 2.11 bits per heavy atom. The largest absolute Gasteiger partial charge is 0.298 e.